The predicted molar refractivity (Wildman–Crippen MR) is 79.2 cm³/mol. The van der Waals surface area contributed by atoms with Crippen LogP contribution in [0.1, 0.15) is 64.7 Å². The molecule has 0 aromatic heterocycles. The minimum absolute atomic E-state index is 0.143. The molecule has 2 rings (SSSR count). The van der Waals surface area contributed by atoms with Gasteiger partial charge in [0.15, 0.2) is 0 Å². The van der Waals surface area contributed by atoms with Crippen molar-refractivity contribution in [2.75, 3.05) is 13.6 Å². The molecule has 0 aliphatic heterocycles. The lowest BCUT2D eigenvalue weighted by atomic mass is 9.87. The fraction of sp³-hybridized carbons (Fsp3) is 0.938. The van der Waals surface area contributed by atoms with Gasteiger partial charge in [0.25, 0.3) is 0 Å². The smallest absolute Gasteiger partial charge is 0.317 e. The quantitative estimate of drug-likeness (QED) is 0.828. The number of rotatable bonds is 3. The monoisotopic (exact) mass is 266 g/mol. The summed E-state index contributed by atoms with van der Waals surface area (Å²) in [5.41, 5.74) is 0. The van der Waals surface area contributed by atoms with Gasteiger partial charge < -0.3 is 10.2 Å². The maximum atomic E-state index is 12.2. The molecule has 0 saturated heterocycles. The molecule has 2 atom stereocenters. The van der Waals surface area contributed by atoms with Crippen molar-refractivity contribution in [3.63, 3.8) is 0 Å². The molecule has 2 amide bonds. The molecule has 0 bridgehead atoms. The van der Waals surface area contributed by atoms with Crippen molar-refractivity contribution in [1.29, 1.82) is 0 Å². The second-order valence-corrected chi connectivity index (χ2v) is 6.80. The van der Waals surface area contributed by atoms with Gasteiger partial charge in [0.05, 0.1) is 0 Å². The van der Waals surface area contributed by atoms with Crippen molar-refractivity contribution in [2.24, 2.45) is 11.8 Å². The highest BCUT2D eigenvalue weighted by atomic mass is 16.2. The minimum Gasteiger partial charge on any atom is -0.335 e. The summed E-state index contributed by atoms with van der Waals surface area (Å²) in [6.07, 6.45) is 11.6. The standard InChI is InChI=1S/C16H30N2O/c1-13-7-6-10-15(11-13)17-16(19)18(2)12-14-8-4-3-5-9-14/h13-15H,3-12H2,1-2H3,(H,17,19). The third-order valence-electron chi connectivity index (χ3n) is 4.87. The number of hydrogen-bond donors (Lipinski definition) is 1. The molecule has 2 fully saturated rings. The van der Waals surface area contributed by atoms with Crippen LogP contribution < -0.4 is 5.32 Å². The van der Waals surface area contributed by atoms with Crippen molar-refractivity contribution in [2.45, 2.75) is 70.8 Å². The summed E-state index contributed by atoms with van der Waals surface area (Å²) in [6.45, 7) is 3.23. The zero-order valence-electron chi connectivity index (χ0n) is 12.7. The summed E-state index contributed by atoms with van der Waals surface area (Å²) < 4.78 is 0. The summed E-state index contributed by atoms with van der Waals surface area (Å²) in [4.78, 5) is 14.1. The van der Waals surface area contributed by atoms with Gasteiger partial charge in [-0.1, -0.05) is 39.0 Å². The summed E-state index contributed by atoms with van der Waals surface area (Å²) in [5.74, 6) is 1.50. The van der Waals surface area contributed by atoms with Gasteiger partial charge in [-0.15, -0.1) is 0 Å². The highest BCUT2D eigenvalue weighted by Crippen LogP contribution is 2.25. The van der Waals surface area contributed by atoms with Crippen LogP contribution in [0.25, 0.3) is 0 Å². The van der Waals surface area contributed by atoms with Crippen LogP contribution >= 0.6 is 0 Å². The van der Waals surface area contributed by atoms with Crippen molar-refractivity contribution in [3.8, 4) is 0 Å². The topological polar surface area (TPSA) is 32.3 Å². The molecule has 3 nitrogen and oxygen atoms in total. The van der Waals surface area contributed by atoms with Gasteiger partial charge >= 0.3 is 6.03 Å². The number of nitrogens with zero attached hydrogens (tertiary/aromatic N) is 1. The van der Waals surface area contributed by atoms with Gasteiger partial charge in [0.1, 0.15) is 0 Å². The first kappa shape index (κ1) is 14.7. The van der Waals surface area contributed by atoms with Crippen LogP contribution in [-0.2, 0) is 0 Å². The molecule has 1 N–H and O–H groups in total. The van der Waals surface area contributed by atoms with Gasteiger partial charge in [-0.3, -0.25) is 0 Å². The van der Waals surface area contributed by atoms with E-state index in [0.29, 0.717) is 6.04 Å². The molecule has 0 heterocycles. The lowest BCUT2D eigenvalue weighted by Gasteiger charge is -2.31. The number of amides is 2. The second kappa shape index (κ2) is 7.16. The number of hydrogen-bond acceptors (Lipinski definition) is 1. The maximum absolute atomic E-state index is 12.2. The van der Waals surface area contributed by atoms with E-state index in [-0.39, 0.29) is 6.03 Å². The Morgan fingerprint density at radius 1 is 1.11 bits per heavy atom. The average molecular weight is 266 g/mol. The lowest BCUT2D eigenvalue weighted by Crippen LogP contribution is -2.46. The third kappa shape index (κ3) is 4.70. The third-order valence-corrected chi connectivity index (χ3v) is 4.87. The maximum Gasteiger partial charge on any atom is 0.317 e. The molecule has 0 radical (unpaired) electrons. The summed E-state index contributed by atoms with van der Waals surface area (Å²) in [5, 5.41) is 3.23. The molecule has 0 spiro atoms. The molecular formula is C16H30N2O. The number of carbonyl (C=O) groups is 1. The Morgan fingerprint density at radius 2 is 1.84 bits per heavy atom. The molecule has 2 unspecified atom stereocenters. The first-order chi connectivity index (χ1) is 9.15. The zero-order valence-corrected chi connectivity index (χ0v) is 12.7. The summed E-state index contributed by atoms with van der Waals surface area (Å²) >= 11 is 0. The van der Waals surface area contributed by atoms with Gasteiger partial charge in [-0.25, -0.2) is 4.79 Å². The fourth-order valence-corrected chi connectivity index (χ4v) is 3.69. The lowest BCUT2D eigenvalue weighted by molar-refractivity contribution is 0.182. The normalized spacial score (nSPS) is 28.9. The minimum atomic E-state index is 0.143. The molecule has 110 valence electrons. The molecule has 0 aromatic carbocycles. The Morgan fingerprint density at radius 3 is 2.53 bits per heavy atom. The van der Waals surface area contributed by atoms with Crippen molar-refractivity contribution in [1.82, 2.24) is 10.2 Å². The fourth-order valence-electron chi connectivity index (χ4n) is 3.69. The SMILES string of the molecule is CC1CCCC(NC(=O)N(C)CC2CCCCC2)C1. The van der Waals surface area contributed by atoms with E-state index in [2.05, 4.69) is 12.2 Å². The van der Waals surface area contributed by atoms with Crippen LogP contribution in [0.15, 0.2) is 0 Å². The highest BCUT2D eigenvalue weighted by molar-refractivity contribution is 5.74. The molecule has 2 saturated carbocycles. The Hall–Kier alpha value is -0.730. The molecule has 2 aliphatic carbocycles. The van der Waals surface area contributed by atoms with Crippen molar-refractivity contribution in [3.05, 3.63) is 0 Å². The number of urea groups is 1. The Labute approximate surface area is 118 Å². The van der Waals surface area contributed by atoms with Crippen LogP contribution in [0.5, 0.6) is 0 Å². The largest absolute Gasteiger partial charge is 0.335 e. The highest BCUT2D eigenvalue weighted by Gasteiger charge is 2.23. The first-order valence-corrected chi connectivity index (χ1v) is 8.16. The molecule has 19 heavy (non-hydrogen) atoms. The van der Waals surface area contributed by atoms with E-state index in [1.807, 2.05) is 11.9 Å². The first-order valence-electron chi connectivity index (χ1n) is 8.16. The molecule has 0 aromatic rings. The Kier molecular flexibility index (Phi) is 5.53. The van der Waals surface area contributed by atoms with E-state index >= 15 is 0 Å². The zero-order chi connectivity index (χ0) is 13.7. The average Bonchev–Trinajstić information content (AvgIpc) is 2.40. The van der Waals surface area contributed by atoms with Gasteiger partial charge in [0.2, 0.25) is 0 Å². The molecule has 2 aliphatic rings. The second-order valence-electron chi connectivity index (χ2n) is 6.80. The van der Waals surface area contributed by atoms with Gasteiger partial charge in [-0.05, 0) is 37.5 Å². The van der Waals surface area contributed by atoms with Crippen LogP contribution in [0.2, 0.25) is 0 Å². The van der Waals surface area contributed by atoms with E-state index in [0.717, 1.165) is 31.2 Å². The van der Waals surface area contributed by atoms with E-state index in [4.69, 9.17) is 0 Å². The number of nitrogens with one attached hydrogen (secondary N) is 1. The Balaban J connectivity index is 1.72. The van der Waals surface area contributed by atoms with E-state index in [1.165, 1.54) is 44.9 Å². The van der Waals surface area contributed by atoms with Gasteiger partial charge in [0, 0.05) is 19.6 Å². The van der Waals surface area contributed by atoms with Crippen molar-refractivity contribution < 1.29 is 4.79 Å². The van der Waals surface area contributed by atoms with E-state index in [9.17, 15) is 4.79 Å². The van der Waals surface area contributed by atoms with Crippen LogP contribution in [0.3, 0.4) is 0 Å². The van der Waals surface area contributed by atoms with E-state index < -0.39 is 0 Å². The van der Waals surface area contributed by atoms with Crippen LogP contribution in [-0.4, -0.2) is 30.6 Å². The van der Waals surface area contributed by atoms with Crippen LogP contribution in [0, 0.1) is 11.8 Å². The van der Waals surface area contributed by atoms with Gasteiger partial charge in [-0.2, -0.15) is 0 Å². The summed E-state index contributed by atoms with van der Waals surface area (Å²) in [7, 11) is 1.95. The predicted octanol–water partition coefficient (Wildman–Crippen LogP) is 3.79. The van der Waals surface area contributed by atoms with Crippen molar-refractivity contribution >= 4 is 6.03 Å². The Bertz CT molecular complexity index is 286. The molecule has 3 heteroatoms. The molecular weight excluding hydrogens is 236 g/mol. The van der Waals surface area contributed by atoms with Crippen LogP contribution in [0.4, 0.5) is 4.79 Å². The van der Waals surface area contributed by atoms with E-state index in [1.54, 1.807) is 0 Å². The number of carbonyl (C=O) groups excluding carboxylic acids is 1. The summed E-state index contributed by atoms with van der Waals surface area (Å²) in [6, 6.07) is 0.551.